The first-order valence-electron chi connectivity index (χ1n) is 9.51. The zero-order valence-corrected chi connectivity index (χ0v) is 18.4. The zero-order valence-electron chi connectivity index (χ0n) is 17.6. The summed E-state index contributed by atoms with van der Waals surface area (Å²) in [7, 11) is 0. The quantitative estimate of drug-likeness (QED) is 0.532. The number of hydrogen-bond acceptors (Lipinski definition) is 5. The van der Waals surface area contributed by atoms with Gasteiger partial charge in [-0.1, -0.05) is 0 Å². The van der Waals surface area contributed by atoms with Crippen molar-refractivity contribution < 1.29 is 19.1 Å². The first-order valence-corrected chi connectivity index (χ1v) is 9.92. The lowest BCUT2D eigenvalue weighted by molar-refractivity contribution is -0.153. The first-order chi connectivity index (χ1) is 12.3. The third-order valence-electron chi connectivity index (χ3n) is 4.88. The topological polar surface area (TPSA) is 62.3 Å². The van der Waals surface area contributed by atoms with Crippen molar-refractivity contribution in [2.24, 2.45) is 5.41 Å². The number of thiocarbonyl (C=S) groups is 1. The molecule has 8 heteroatoms. The molecule has 2 rings (SSSR count). The fraction of sp³-hybridized carbons (Fsp3) is 0.842. The number of nitrogens with zero attached hydrogens (tertiary/aromatic N) is 3. The number of carbonyl (C=O) groups is 2. The average molecular weight is 400 g/mol. The Hall–Kier alpha value is -1.57. The Bertz CT molecular complexity index is 617. The molecular weight excluding hydrogens is 366 g/mol. The van der Waals surface area contributed by atoms with E-state index in [1.807, 2.05) is 34.6 Å². The summed E-state index contributed by atoms with van der Waals surface area (Å²) in [6, 6.07) is 0. The smallest absolute Gasteiger partial charge is 0.410 e. The molecule has 0 aromatic rings. The van der Waals surface area contributed by atoms with Gasteiger partial charge in [0.1, 0.15) is 5.60 Å². The summed E-state index contributed by atoms with van der Waals surface area (Å²) in [6.45, 7) is 16.5. The molecule has 0 saturated carbocycles. The highest BCUT2D eigenvalue weighted by Gasteiger charge is 2.50. The number of hydrogen-bond donors (Lipinski definition) is 0. The lowest BCUT2D eigenvalue weighted by Crippen LogP contribution is -2.61. The van der Waals surface area contributed by atoms with Crippen LogP contribution in [-0.2, 0) is 14.3 Å². The largest absolute Gasteiger partial charge is 0.466 e. The molecule has 1 amide bonds. The predicted octanol–water partition coefficient (Wildman–Crippen LogP) is 2.49. The van der Waals surface area contributed by atoms with Gasteiger partial charge in [-0.2, -0.15) is 0 Å². The van der Waals surface area contributed by atoms with Gasteiger partial charge in [0.2, 0.25) is 0 Å². The molecule has 0 aromatic carbocycles. The molecule has 2 fully saturated rings. The van der Waals surface area contributed by atoms with Gasteiger partial charge in [-0.15, -0.1) is 0 Å². The van der Waals surface area contributed by atoms with E-state index in [0.29, 0.717) is 39.3 Å². The second kappa shape index (κ2) is 7.45. The summed E-state index contributed by atoms with van der Waals surface area (Å²) in [5, 5.41) is 0.735. The standard InChI is InChI=1S/C19H33N3O4S/c1-8-25-14(23)18(5,6)11-21-13-19(7)12-20(9-10-22(19)15(21)27)16(24)26-17(2,3)4/h8-13H2,1-7H3. The van der Waals surface area contributed by atoms with Crippen LogP contribution >= 0.6 is 12.2 Å². The van der Waals surface area contributed by atoms with Crippen molar-refractivity contribution in [3.63, 3.8) is 0 Å². The van der Waals surface area contributed by atoms with Gasteiger partial charge in [0.25, 0.3) is 0 Å². The van der Waals surface area contributed by atoms with Gasteiger partial charge in [-0.3, -0.25) is 4.79 Å². The van der Waals surface area contributed by atoms with E-state index in [9.17, 15) is 9.59 Å². The van der Waals surface area contributed by atoms with Crippen molar-refractivity contribution >= 4 is 29.4 Å². The number of esters is 1. The normalized spacial score (nSPS) is 23.4. The second-order valence-electron chi connectivity index (χ2n) is 9.29. The van der Waals surface area contributed by atoms with E-state index in [1.54, 1.807) is 11.8 Å². The summed E-state index contributed by atoms with van der Waals surface area (Å²) in [5.41, 5.74) is -1.47. The number of carbonyl (C=O) groups excluding carboxylic acids is 2. The van der Waals surface area contributed by atoms with E-state index >= 15 is 0 Å². The molecule has 27 heavy (non-hydrogen) atoms. The highest BCUT2D eigenvalue weighted by molar-refractivity contribution is 7.80. The SMILES string of the molecule is CCOC(=O)C(C)(C)CN1CC2(C)CN(C(=O)OC(C)(C)C)CCN2C1=S. The molecule has 2 aliphatic rings. The van der Waals surface area contributed by atoms with Gasteiger partial charge >= 0.3 is 12.1 Å². The molecule has 154 valence electrons. The second-order valence-corrected chi connectivity index (χ2v) is 9.66. The third-order valence-corrected chi connectivity index (χ3v) is 5.35. The maximum absolute atomic E-state index is 12.5. The van der Waals surface area contributed by atoms with Crippen LogP contribution in [0.1, 0.15) is 48.5 Å². The maximum Gasteiger partial charge on any atom is 0.410 e. The molecule has 2 heterocycles. The Balaban J connectivity index is 2.08. The van der Waals surface area contributed by atoms with Crippen LogP contribution in [0.5, 0.6) is 0 Å². The monoisotopic (exact) mass is 399 g/mol. The van der Waals surface area contributed by atoms with Crippen molar-refractivity contribution in [1.29, 1.82) is 0 Å². The molecule has 0 aliphatic carbocycles. The molecule has 1 atom stereocenters. The van der Waals surface area contributed by atoms with Gasteiger partial charge in [-0.25, -0.2) is 4.79 Å². The summed E-state index contributed by atoms with van der Waals surface area (Å²) in [4.78, 5) is 30.7. The molecule has 0 N–H and O–H groups in total. The van der Waals surface area contributed by atoms with Gasteiger partial charge in [0.05, 0.1) is 17.6 Å². The number of amides is 1. The Labute approximate surface area is 167 Å². The molecule has 7 nitrogen and oxygen atoms in total. The molecule has 2 aliphatic heterocycles. The van der Waals surface area contributed by atoms with Crippen molar-refractivity contribution in [1.82, 2.24) is 14.7 Å². The molecule has 0 bridgehead atoms. The van der Waals surface area contributed by atoms with E-state index in [0.717, 1.165) is 5.11 Å². The Morgan fingerprint density at radius 3 is 2.33 bits per heavy atom. The van der Waals surface area contributed by atoms with Crippen LogP contribution in [0, 0.1) is 5.41 Å². The van der Waals surface area contributed by atoms with Crippen LogP contribution in [0.2, 0.25) is 0 Å². The van der Waals surface area contributed by atoms with Gasteiger partial charge in [0, 0.05) is 32.7 Å². The highest BCUT2D eigenvalue weighted by Crippen LogP contribution is 2.33. The van der Waals surface area contributed by atoms with Crippen LogP contribution in [0.3, 0.4) is 0 Å². The van der Waals surface area contributed by atoms with Crippen LogP contribution < -0.4 is 0 Å². The van der Waals surface area contributed by atoms with E-state index in [4.69, 9.17) is 21.7 Å². The van der Waals surface area contributed by atoms with E-state index < -0.39 is 11.0 Å². The fourth-order valence-electron chi connectivity index (χ4n) is 3.65. The molecule has 1 unspecified atom stereocenters. The van der Waals surface area contributed by atoms with Gasteiger partial charge < -0.3 is 24.2 Å². The van der Waals surface area contributed by atoms with E-state index in [1.165, 1.54) is 0 Å². The number of ether oxygens (including phenoxy) is 2. The lowest BCUT2D eigenvalue weighted by atomic mass is 9.92. The Morgan fingerprint density at radius 1 is 1.15 bits per heavy atom. The third kappa shape index (κ3) is 4.83. The highest BCUT2D eigenvalue weighted by atomic mass is 32.1. The minimum atomic E-state index is -0.657. The van der Waals surface area contributed by atoms with E-state index in [2.05, 4.69) is 16.7 Å². The lowest BCUT2D eigenvalue weighted by Gasteiger charge is -2.44. The van der Waals surface area contributed by atoms with E-state index in [-0.39, 0.29) is 17.6 Å². The van der Waals surface area contributed by atoms with Crippen LogP contribution in [-0.4, -0.2) is 82.3 Å². The Morgan fingerprint density at radius 2 is 1.78 bits per heavy atom. The molecular formula is C19H33N3O4S. The van der Waals surface area contributed by atoms with Crippen molar-refractivity contribution in [2.75, 3.05) is 39.3 Å². The first kappa shape index (κ1) is 21.7. The van der Waals surface area contributed by atoms with Crippen molar-refractivity contribution in [3.05, 3.63) is 0 Å². The van der Waals surface area contributed by atoms with Crippen molar-refractivity contribution in [3.8, 4) is 0 Å². The zero-order chi connectivity index (χ0) is 20.6. The van der Waals surface area contributed by atoms with Crippen LogP contribution in [0.25, 0.3) is 0 Å². The summed E-state index contributed by atoms with van der Waals surface area (Å²) in [5.74, 6) is -0.224. The van der Waals surface area contributed by atoms with Gasteiger partial charge in [-0.05, 0) is 60.7 Å². The fourth-order valence-corrected chi connectivity index (χ4v) is 4.09. The number of piperazine rings is 1. The summed E-state index contributed by atoms with van der Waals surface area (Å²) < 4.78 is 10.7. The molecule has 0 aromatic heterocycles. The van der Waals surface area contributed by atoms with Crippen molar-refractivity contribution in [2.45, 2.75) is 59.6 Å². The summed E-state index contributed by atoms with van der Waals surface area (Å²) in [6.07, 6.45) is -0.292. The molecule has 0 spiro atoms. The van der Waals surface area contributed by atoms with Crippen LogP contribution in [0.15, 0.2) is 0 Å². The van der Waals surface area contributed by atoms with Gasteiger partial charge in [0.15, 0.2) is 5.11 Å². The maximum atomic E-state index is 12.5. The molecule has 0 radical (unpaired) electrons. The molecule has 2 saturated heterocycles. The minimum absolute atomic E-state index is 0.224. The number of rotatable bonds is 4. The predicted molar refractivity (Wildman–Crippen MR) is 108 cm³/mol. The van der Waals surface area contributed by atoms with Crippen LogP contribution in [0.4, 0.5) is 4.79 Å². The minimum Gasteiger partial charge on any atom is -0.466 e. The Kier molecular flexibility index (Phi) is 5.99. The number of fused-ring (bicyclic) bond motifs is 1. The average Bonchev–Trinajstić information content (AvgIpc) is 2.75. The summed E-state index contributed by atoms with van der Waals surface area (Å²) >= 11 is 5.69.